The molecule has 0 amide bonds. The summed E-state index contributed by atoms with van der Waals surface area (Å²) >= 11 is 8.97. The van der Waals surface area contributed by atoms with Crippen molar-refractivity contribution in [2.24, 2.45) is 0 Å². The van der Waals surface area contributed by atoms with Gasteiger partial charge in [-0.2, -0.15) is 15.0 Å². The van der Waals surface area contributed by atoms with Gasteiger partial charge in [0.25, 0.3) is 0 Å². The minimum Gasteiger partial charge on any atom is -0.493 e. The predicted molar refractivity (Wildman–Crippen MR) is 334 cm³/mol. The molecule has 9 rings (SSSR count). The van der Waals surface area contributed by atoms with E-state index in [1.54, 1.807) is 55.9 Å². The first-order chi connectivity index (χ1) is 40.7. The summed E-state index contributed by atoms with van der Waals surface area (Å²) in [5.41, 5.74) is 39.6. The molecule has 9 aromatic rings. The van der Waals surface area contributed by atoms with E-state index in [0.717, 1.165) is 79.6 Å². The smallest absolute Gasteiger partial charge is 0.225 e. The van der Waals surface area contributed by atoms with Crippen molar-refractivity contribution < 1.29 is 37.2 Å². The number of nitrogens with zero attached hydrogens (tertiary/aromatic N) is 10. The van der Waals surface area contributed by atoms with Gasteiger partial charge in [-0.25, -0.2) is 43.7 Å². The van der Waals surface area contributed by atoms with Gasteiger partial charge >= 0.3 is 0 Å². The summed E-state index contributed by atoms with van der Waals surface area (Å²) in [6.45, 7) is 3.70. The zero-order valence-corrected chi connectivity index (χ0v) is 51.3. The number of hydrogen-bond acceptors (Lipinski definition) is 28. The highest BCUT2D eigenvalue weighted by Gasteiger charge is 2.18. The first-order valence-corrected chi connectivity index (χ1v) is 31.1. The fourth-order valence-electron chi connectivity index (χ4n) is 7.25. The van der Waals surface area contributed by atoms with Crippen molar-refractivity contribution in [3.63, 3.8) is 0 Å². The third-order valence-electron chi connectivity index (χ3n) is 10.9. The highest BCUT2D eigenvalue weighted by Crippen LogP contribution is 2.39. The number of thiazole rings is 3. The SMILES string of the molecule is CCCOc1cc(-c2nc(CSc3nc(N)cc(N)n3)c(CCC)s2)ccc1OC.COc1ccc(-c2nc(CSc3nc(N)cc(N)n3)cs2)cc1OCCF.COc1ccc(-c2nc(CSc3nc(N)nc(N)n3)cs2)cc1OCCF. The Labute approximate surface area is 508 Å². The second-order valence-electron chi connectivity index (χ2n) is 17.1. The number of nitrogens with two attached hydrogens (primary N) is 6. The monoisotopic (exact) mass is 1260 g/mol. The van der Waals surface area contributed by atoms with Crippen molar-refractivity contribution in [1.29, 1.82) is 0 Å². The fourth-order valence-corrected chi connectivity index (χ4v) is 12.7. The van der Waals surface area contributed by atoms with Crippen LogP contribution in [0.3, 0.4) is 0 Å². The molecule has 12 N–H and O–H groups in total. The molecule has 0 radical (unpaired) electrons. The molecule has 30 heteroatoms. The summed E-state index contributed by atoms with van der Waals surface area (Å²) in [6, 6.07) is 19.9. The average molecular weight is 1260 g/mol. The normalized spacial score (nSPS) is 10.8. The van der Waals surface area contributed by atoms with Crippen molar-refractivity contribution in [2.45, 2.75) is 65.8 Å². The van der Waals surface area contributed by atoms with Gasteiger partial charge in [0.2, 0.25) is 11.9 Å². The number of nitrogen functional groups attached to an aromatic ring is 6. The van der Waals surface area contributed by atoms with E-state index in [-0.39, 0.29) is 25.1 Å². The summed E-state index contributed by atoms with van der Waals surface area (Å²) in [7, 11) is 4.73. The summed E-state index contributed by atoms with van der Waals surface area (Å²) in [5.74, 6) is 6.92. The van der Waals surface area contributed by atoms with Crippen LogP contribution in [0.25, 0.3) is 31.7 Å². The maximum absolute atomic E-state index is 12.4. The molecule has 6 heterocycles. The Kier molecular flexibility index (Phi) is 24.6. The molecule has 0 aliphatic carbocycles. The number of thioether (sulfide) groups is 3. The highest BCUT2D eigenvalue weighted by molar-refractivity contribution is 7.98. The van der Waals surface area contributed by atoms with E-state index < -0.39 is 13.3 Å². The number of rotatable bonds is 26. The Morgan fingerprint density at radius 1 is 0.440 bits per heavy atom. The molecule has 0 atom stereocenters. The van der Waals surface area contributed by atoms with Crippen molar-refractivity contribution in [3.8, 4) is 66.2 Å². The Morgan fingerprint density at radius 3 is 1.25 bits per heavy atom. The molecule has 3 aromatic carbocycles. The van der Waals surface area contributed by atoms with E-state index in [0.29, 0.717) is 85.6 Å². The molecule has 0 fully saturated rings. The lowest BCUT2D eigenvalue weighted by Gasteiger charge is -2.10. The van der Waals surface area contributed by atoms with Crippen LogP contribution in [0.1, 0.15) is 48.6 Å². The average Bonchev–Trinajstić information content (AvgIpc) is 4.31. The van der Waals surface area contributed by atoms with Crippen LogP contribution in [-0.2, 0) is 23.7 Å². The van der Waals surface area contributed by atoms with Crippen LogP contribution in [0.4, 0.5) is 43.9 Å². The highest BCUT2D eigenvalue weighted by atomic mass is 32.2. The van der Waals surface area contributed by atoms with E-state index in [2.05, 4.69) is 58.7 Å². The number of alkyl halides is 2. The molecular weight excluding hydrogens is 1200 g/mol. The maximum atomic E-state index is 12.4. The maximum Gasteiger partial charge on any atom is 0.225 e. The van der Waals surface area contributed by atoms with Gasteiger partial charge in [-0.15, -0.1) is 34.0 Å². The Morgan fingerprint density at radius 2 is 0.845 bits per heavy atom. The summed E-state index contributed by atoms with van der Waals surface area (Å²) in [6.07, 6.45) is 2.96. The molecule has 0 unspecified atom stereocenters. The number of benzene rings is 3. The number of aryl methyl sites for hydroxylation is 1. The molecule has 0 aliphatic rings. The first-order valence-electron chi connectivity index (χ1n) is 25.6. The zero-order valence-electron chi connectivity index (χ0n) is 46.4. The molecule has 0 spiro atoms. The Bertz CT molecular complexity index is 3360. The molecule has 0 aliphatic heterocycles. The van der Waals surface area contributed by atoms with Gasteiger partial charge in [0.05, 0.1) is 45.0 Å². The van der Waals surface area contributed by atoms with Gasteiger partial charge in [-0.1, -0.05) is 55.6 Å². The van der Waals surface area contributed by atoms with Gasteiger partial charge in [0.1, 0.15) is 64.9 Å². The van der Waals surface area contributed by atoms with Gasteiger partial charge < -0.3 is 62.8 Å². The topological polar surface area (TPSA) is 340 Å². The standard InChI is InChI=1S/C21H27N5O2S2.C17H18FN5O2S2.C16H17FN6O2S2/c1-4-6-17-14(12-29-21-25-18(22)11-19(23)26-21)24-20(30-17)13-7-8-15(27-3)16(10-13)28-9-5-2;1-24-12-3-2-10(6-13(12)25-5-4-18)16-21-11(8-26-16)9-27-17-22-14(19)7-15(20)23-17;1-24-11-3-2-9(6-12(11)25-5-4-17)13-20-10(7-26-13)8-27-16-22-14(18)21-15(19)23-16/h7-8,10-11H,4-6,9,12H2,1-3H3,(H4,22,23,25,26);2-3,6-8H,4-5,9H2,1H3,(H4,19,20,22,23);2-3,6-7H,4-5,8H2,1H3,(H4,18,19,21,22,23). The number of methoxy groups -OCH3 is 3. The molecule has 0 saturated carbocycles. The zero-order chi connectivity index (χ0) is 60.0. The van der Waals surface area contributed by atoms with Crippen molar-refractivity contribution >= 4 is 104 Å². The van der Waals surface area contributed by atoms with E-state index in [1.165, 1.54) is 76.0 Å². The summed E-state index contributed by atoms with van der Waals surface area (Å²) in [5, 5.41) is 8.02. The van der Waals surface area contributed by atoms with Crippen molar-refractivity contribution in [1.82, 2.24) is 49.8 Å². The molecule has 22 nitrogen and oxygen atoms in total. The number of anilines is 6. The van der Waals surface area contributed by atoms with Gasteiger partial charge in [-0.3, -0.25) is 0 Å². The third kappa shape index (κ3) is 18.9. The minimum absolute atomic E-state index is 0.0249. The predicted octanol–water partition coefficient (Wildman–Crippen LogP) is 11.0. The Hall–Kier alpha value is -7.77. The van der Waals surface area contributed by atoms with Gasteiger partial charge in [-0.05, 0) is 67.4 Å². The number of halogens is 2. The second-order valence-corrected chi connectivity index (χ2v) is 22.8. The van der Waals surface area contributed by atoms with E-state index >= 15 is 0 Å². The van der Waals surface area contributed by atoms with E-state index in [9.17, 15) is 8.78 Å². The summed E-state index contributed by atoms with van der Waals surface area (Å²) < 4.78 is 57.4. The largest absolute Gasteiger partial charge is 0.493 e. The lowest BCUT2D eigenvalue weighted by Crippen LogP contribution is -2.03. The summed E-state index contributed by atoms with van der Waals surface area (Å²) in [4.78, 5) is 44.0. The third-order valence-corrected chi connectivity index (χ3v) is 16.6. The van der Waals surface area contributed by atoms with Crippen molar-refractivity contribution in [3.05, 3.63) is 99.4 Å². The minimum atomic E-state index is -0.571. The fraction of sp³-hybridized carbons (Fsp3) is 0.296. The van der Waals surface area contributed by atoms with Crippen LogP contribution in [0.15, 0.2) is 93.0 Å². The second kappa shape index (κ2) is 32.3. The van der Waals surface area contributed by atoms with Gasteiger partial charge in [0.15, 0.2) is 50.0 Å². The van der Waals surface area contributed by atoms with Crippen LogP contribution in [0.2, 0.25) is 0 Å². The molecular formula is C54H62F2N16O6S6. The molecule has 444 valence electrons. The van der Waals surface area contributed by atoms with Crippen LogP contribution < -0.4 is 62.8 Å². The number of aromatic nitrogens is 10. The van der Waals surface area contributed by atoms with E-state index in [1.807, 2.05) is 41.1 Å². The van der Waals surface area contributed by atoms with Gasteiger partial charge in [0, 0.05) is 61.7 Å². The lowest BCUT2D eigenvalue weighted by atomic mass is 10.2. The lowest BCUT2D eigenvalue weighted by molar-refractivity contribution is 0.260. The molecule has 84 heavy (non-hydrogen) atoms. The Balaban J connectivity index is 0.000000181. The number of ether oxygens (including phenoxy) is 6. The number of hydrogen-bond donors (Lipinski definition) is 6. The van der Waals surface area contributed by atoms with E-state index in [4.69, 9.17) is 67.8 Å². The molecule has 0 saturated heterocycles. The van der Waals surface area contributed by atoms with Crippen LogP contribution in [-0.4, -0.2) is 104 Å². The van der Waals surface area contributed by atoms with Crippen molar-refractivity contribution in [2.75, 3.05) is 88.9 Å². The first kappa shape index (κ1) is 63.8. The quantitative estimate of drug-likeness (QED) is 0.0217. The van der Waals surface area contributed by atoms with Crippen LogP contribution in [0, 0.1) is 0 Å². The molecule has 0 bridgehead atoms. The van der Waals surface area contributed by atoms with Crippen LogP contribution in [0.5, 0.6) is 34.5 Å². The van der Waals surface area contributed by atoms with Crippen LogP contribution >= 0.6 is 69.3 Å². The molecule has 6 aromatic heterocycles.